The van der Waals surface area contributed by atoms with Gasteiger partial charge in [0.2, 0.25) is 0 Å². The van der Waals surface area contributed by atoms with E-state index in [0.717, 1.165) is 33.9 Å². The lowest BCUT2D eigenvalue weighted by molar-refractivity contribution is 0.392. The minimum atomic E-state index is 0.526. The van der Waals surface area contributed by atoms with Crippen LogP contribution in [0, 0.1) is 13.8 Å². The number of alkyl halides is 1. The maximum Gasteiger partial charge on any atom is 0.138 e. The highest BCUT2D eigenvalue weighted by molar-refractivity contribution is 6.31. The van der Waals surface area contributed by atoms with Crippen molar-refractivity contribution in [1.29, 1.82) is 0 Å². The first kappa shape index (κ1) is 14.4. The van der Waals surface area contributed by atoms with Crippen LogP contribution in [0.15, 0.2) is 22.7 Å². The monoisotopic (exact) mass is 323 g/mol. The van der Waals surface area contributed by atoms with Gasteiger partial charge in [-0.3, -0.25) is 0 Å². The number of aromatic nitrogens is 3. The number of fused-ring (bicyclic) bond motifs is 1. The van der Waals surface area contributed by atoms with E-state index in [1.165, 1.54) is 0 Å². The van der Waals surface area contributed by atoms with Crippen molar-refractivity contribution in [3.8, 4) is 0 Å². The molecule has 0 N–H and O–H groups in total. The van der Waals surface area contributed by atoms with Gasteiger partial charge in [-0.2, -0.15) is 0 Å². The van der Waals surface area contributed by atoms with Crippen LogP contribution in [0.3, 0.4) is 0 Å². The Morgan fingerprint density at radius 3 is 2.76 bits per heavy atom. The van der Waals surface area contributed by atoms with E-state index in [1.54, 1.807) is 0 Å². The van der Waals surface area contributed by atoms with Crippen LogP contribution >= 0.6 is 23.2 Å². The number of hydrogen-bond donors (Lipinski definition) is 0. The second-order valence-electron chi connectivity index (χ2n) is 4.99. The van der Waals surface area contributed by atoms with Crippen LogP contribution in [0.25, 0.3) is 11.0 Å². The predicted octanol–water partition coefficient (Wildman–Crippen LogP) is 4.12. The molecule has 3 rings (SSSR count). The quantitative estimate of drug-likeness (QED) is 0.678. The second-order valence-corrected chi connectivity index (χ2v) is 5.80. The number of hydrogen-bond acceptors (Lipinski definition) is 3. The fraction of sp³-hybridized carbons (Fsp3) is 0.333. The van der Waals surface area contributed by atoms with Gasteiger partial charge in [0.15, 0.2) is 0 Å². The Balaban J connectivity index is 2.13. The minimum Gasteiger partial charge on any atom is -0.361 e. The van der Waals surface area contributed by atoms with Crippen LogP contribution in [-0.4, -0.2) is 20.6 Å². The summed E-state index contributed by atoms with van der Waals surface area (Å²) >= 11 is 12.0. The summed E-state index contributed by atoms with van der Waals surface area (Å²) in [6, 6.07) is 5.74. The first-order valence-electron chi connectivity index (χ1n) is 6.72. The molecule has 2 aromatic heterocycles. The van der Waals surface area contributed by atoms with Crippen molar-refractivity contribution in [2.45, 2.75) is 26.8 Å². The standard InChI is InChI=1S/C15H15Cl2N3O/c1-9-12(10(2)21-19-9)8-20-14-4-3-11(17)7-13(14)18-15(20)5-6-16/h3-4,7H,5-6,8H2,1-2H3. The maximum absolute atomic E-state index is 6.05. The Bertz CT molecular complexity index is 772. The highest BCUT2D eigenvalue weighted by Crippen LogP contribution is 2.24. The average molecular weight is 324 g/mol. The van der Waals surface area contributed by atoms with Gasteiger partial charge >= 0.3 is 0 Å². The zero-order valence-corrected chi connectivity index (χ0v) is 13.4. The molecule has 110 valence electrons. The van der Waals surface area contributed by atoms with Crippen LogP contribution in [-0.2, 0) is 13.0 Å². The molecular formula is C15H15Cl2N3O. The first-order valence-corrected chi connectivity index (χ1v) is 7.63. The van der Waals surface area contributed by atoms with E-state index >= 15 is 0 Å². The summed E-state index contributed by atoms with van der Waals surface area (Å²) in [4.78, 5) is 4.65. The molecule has 0 amide bonds. The molecule has 0 unspecified atom stereocenters. The number of nitrogens with zero attached hydrogens (tertiary/aromatic N) is 3. The number of imidazole rings is 1. The summed E-state index contributed by atoms with van der Waals surface area (Å²) in [6.45, 7) is 4.54. The van der Waals surface area contributed by atoms with Gasteiger partial charge in [0.1, 0.15) is 11.6 Å². The summed E-state index contributed by atoms with van der Waals surface area (Å²) in [7, 11) is 0. The van der Waals surface area contributed by atoms with E-state index in [2.05, 4.69) is 14.7 Å². The van der Waals surface area contributed by atoms with Gasteiger partial charge < -0.3 is 9.09 Å². The van der Waals surface area contributed by atoms with Crippen LogP contribution in [0.1, 0.15) is 22.8 Å². The van der Waals surface area contributed by atoms with Crippen molar-refractivity contribution in [2.75, 3.05) is 5.88 Å². The zero-order valence-electron chi connectivity index (χ0n) is 11.9. The summed E-state index contributed by atoms with van der Waals surface area (Å²) in [6.07, 6.45) is 0.706. The number of halogens is 2. The molecule has 0 saturated carbocycles. The van der Waals surface area contributed by atoms with Crippen molar-refractivity contribution in [1.82, 2.24) is 14.7 Å². The maximum atomic E-state index is 6.05. The lowest BCUT2D eigenvalue weighted by Gasteiger charge is -2.08. The Morgan fingerprint density at radius 1 is 1.29 bits per heavy atom. The van der Waals surface area contributed by atoms with Gasteiger partial charge in [0.25, 0.3) is 0 Å². The predicted molar refractivity (Wildman–Crippen MR) is 84.2 cm³/mol. The van der Waals surface area contributed by atoms with Crippen LogP contribution in [0.5, 0.6) is 0 Å². The summed E-state index contributed by atoms with van der Waals surface area (Å²) < 4.78 is 7.40. The molecule has 3 aromatic rings. The van der Waals surface area contributed by atoms with Gasteiger partial charge in [-0.05, 0) is 32.0 Å². The molecule has 0 aliphatic rings. The van der Waals surface area contributed by atoms with Crippen molar-refractivity contribution >= 4 is 34.2 Å². The fourth-order valence-corrected chi connectivity index (χ4v) is 2.83. The molecule has 0 bridgehead atoms. The molecule has 21 heavy (non-hydrogen) atoms. The van der Waals surface area contributed by atoms with Crippen molar-refractivity contribution < 1.29 is 4.52 Å². The van der Waals surface area contributed by atoms with E-state index in [1.807, 2.05) is 32.0 Å². The molecule has 0 saturated heterocycles. The van der Waals surface area contributed by atoms with E-state index in [-0.39, 0.29) is 0 Å². The Labute approximate surface area is 132 Å². The molecule has 0 radical (unpaired) electrons. The summed E-state index contributed by atoms with van der Waals surface area (Å²) in [5, 5.41) is 4.69. The topological polar surface area (TPSA) is 43.9 Å². The van der Waals surface area contributed by atoms with E-state index in [4.69, 9.17) is 27.7 Å². The Morgan fingerprint density at radius 2 is 2.10 bits per heavy atom. The highest BCUT2D eigenvalue weighted by Gasteiger charge is 2.15. The molecule has 0 fully saturated rings. The number of rotatable bonds is 4. The van der Waals surface area contributed by atoms with Crippen molar-refractivity contribution in [2.24, 2.45) is 0 Å². The largest absolute Gasteiger partial charge is 0.361 e. The molecule has 1 aromatic carbocycles. The third-order valence-electron chi connectivity index (χ3n) is 3.60. The second kappa shape index (κ2) is 5.70. The minimum absolute atomic E-state index is 0.526. The number of aryl methyl sites for hydroxylation is 3. The van der Waals surface area contributed by atoms with Gasteiger partial charge in [-0.25, -0.2) is 4.98 Å². The smallest absolute Gasteiger partial charge is 0.138 e. The first-order chi connectivity index (χ1) is 10.1. The number of benzene rings is 1. The van der Waals surface area contributed by atoms with E-state index in [0.29, 0.717) is 23.9 Å². The van der Waals surface area contributed by atoms with Gasteiger partial charge in [0.05, 0.1) is 23.3 Å². The molecular weight excluding hydrogens is 309 g/mol. The molecule has 4 nitrogen and oxygen atoms in total. The van der Waals surface area contributed by atoms with E-state index in [9.17, 15) is 0 Å². The van der Waals surface area contributed by atoms with E-state index < -0.39 is 0 Å². The van der Waals surface area contributed by atoms with Gasteiger partial charge in [-0.15, -0.1) is 11.6 Å². The van der Waals surface area contributed by atoms with Crippen molar-refractivity contribution in [3.63, 3.8) is 0 Å². The van der Waals surface area contributed by atoms with Crippen LogP contribution < -0.4 is 0 Å². The lowest BCUT2D eigenvalue weighted by atomic mass is 10.2. The fourth-order valence-electron chi connectivity index (χ4n) is 2.49. The average Bonchev–Trinajstić information content (AvgIpc) is 2.94. The molecule has 2 heterocycles. The third kappa shape index (κ3) is 2.65. The van der Waals surface area contributed by atoms with Crippen molar-refractivity contribution in [3.05, 3.63) is 46.1 Å². The molecule has 0 spiro atoms. The SMILES string of the molecule is Cc1noc(C)c1Cn1c(CCCl)nc2cc(Cl)ccc21. The van der Waals surface area contributed by atoms with Gasteiger partial charge in [-0.1, -0.05) is 16.8 Å². The molecule has 0 aliphatic heterocycles. The summed E-state index contributed by atoms with van der Waals surface area (Å²) in [5.41, 5.74) is 3.91. The normalized spacial score (nSPS) is 11.4. The molecule has 0 aliphatic carbocycles. The Kier molecular flexibility index (Phi) is 3.91. The van der Waals surface area contributed by atoms with Gasteiger partial charge in [0, 0.05) is 22.9 Å². The summed E-state index contributed by atoms with van der Waals surface area (Å²) in [5.74, 6) is 2.31. The van der Waals surface area contributed by atoms with Crippen LogP contribution in [0.4, 0.5) is 0 Å². The lowest BCUT2D eigenvalue weighted by Crippen LogP contribution is -2.07. The Hall–Kier alpha value is -1.52. The molecule has 6 heteroatoms. The zero-order chi connectivity index (χ0) is 15.0. The molecule has 0 atom stereocenters. The van der Waals surface area contributed by atoms with Crippen LogP contribution in [0.2, 0.25) is 5.02 Å². The highest BCUT2D eigenvalue weighted by atomic mass is 35.5. The third-order valence-corrected chi connectivity index (χ3v) is 4.03.